The van der Waals surface area contributed by atoms with Crippen LogP contribution in [0.5, 0.6) is 0 Å². The van der Waals surface area contributed by atoms with Crippen molar-refractivity contribution in [1.29, 1.82) is 0 Å². The summed E-state index contributed by atoms with van der Waals surface area (Å²) in [5.74, 6) is 1.91. The molecule has 3 rings (SSSR count). The van der Waals surface area contributed by atoms with Crippen molar-refractivity contribution in [3.8, 4) is 0 Å². The zero-order valence-electron chi connectivity index (χ0n) is 12.6. The highest BCUT2D eigenvalue weighted by molar-refractivity contribution is 9.10. The van der Waals surface area contributed by atoms with Gasteiger partial charge in [-0.15, -0.1) is 0 Å². The second-order valence-electron chi connectivity index (χ2n) is 5.64. The minimum Gasteiger partial charge on any atom is -0.370 e. The van der Waals surface area contributed by atoms with E-state index in [1.165, 1.54) is 12.0 Å². The first kappa shape index (κ1) is 15.2. The van der Waals surface area contributed by atoms with Gasteiger partial charge in [0.1, 0.15) is 18.0 Å². The molecule has 0 amide bonds. The monoisotopic (exact) mass is 361 g/mol. The van der Waals surface area contributed by atoms with E-state index in [9.17, 15) is 0 Å². The third-order valence-corrected chi connectivity index (χ3v) is 4.42. The Balaban J connectivity index is 1.57. The molecule has 1 aliphatic heterocycles. The van der Waals surface area contributed by atoms with E-state index in [1.807, 2.05) is 0 Å². The highest BCUT2D eigenvalue weighted by atomic mass is 79.9. The van der Waals surface area contributed by atoms with Crippen LogP contribution >= 0.6 is 15.9 Å². The molecular formula is C16H20BrN5. The molecule has 2 N–H and O–H groups in total. The van der Waals surface area contributed by atoms with Crippen LogP contribution in [0.4, 0.5) is 11.6 Å². The van der Waals surface area contributed by atoms with Crippen molar-refractivity contribution in [2.24, 2.45) is 0 Å². The quantitative estimate of drug-likeness (QED) is 0.853. The van der Waals surface area contributed by atoms with Crippen molar-refractivity contribution in [2.75, 3.05) is 17.2 Å². The van der Waals surface area contributed by atoms with E-state index in [0.717, 1.165) is 47.6 Å². The van der Waals surface area contributed by atoms with E-state index in [0.29, 0.717) is 6.04 Å². The highest BCUT2D eigenvalue weighted by Gasteiger charge is 2.11. The first-order chi connectivity index (χ1) is 10.7. The van der Waals surface area contributed by atoms with Crippen molar-refractivity contribution >= 4 is 27.6 Å². The van der Waals surface area contributed by atoms with Crippen LogP contribution in [0.25, 0.3) is 0 Å². The molecule has 2 aromatic heterocycles. The van der Waals surface area contributed by atoms with E-state index < -0.39 is 0 Å². The van der Waals surface area contributed by atoms with Gasteiger partial charge in [0.2, 0.25) is 0 Å². The van der Waals surface area contributed by atoms with Crippen LogP contribution in [0.3, 0.4) is 0 Å². The van der Waals surface area contributed by atoms with Gasteiger partial charge in [0.15, 0.2) is 0 Å². The summed E-state index contributed by atoms with van der Waals surface area (Å²) in [6, 6.07) is 4.68. The summed E-state index contributed by atoms with van der Waals surface area (Å²) < 4.78 is 0.887. The number of rotatable bonds is 5. The maximum absolute atomic E-state index is 4.74. The van der Waals surface area contributed by atoms with Crippen LogP contribution in [-0.2, 0) is 12.8 Å². The fraction of sp³-hybridized carbons (Fsp3) is 0.438. The van der Waals surface area contributed by atoms with Crippen molar-refractivity contribution in [2.45, 2.75) is 38.6 Å². The Bertz CT molecular complexity index is 646. The summed E-state index contributed by atoms with van der Waals surface area (Å²) in [5, 5.41) is 6.79. The van der Waals surface area contributed by atoms with Crippen molar-refractivity contribution in [1.82, 2.24) is 15.0 Å². The molecule has 6 heteroatoms. The number of anilines is 2. The molecule has 22 heavy (non-hydrogen) atoms. The van der Waals surface area contributed by atoms with Gasteiger partial charge in [-0.1, -0.05) is 6.07 Å². The molecule has 5 nitrogen and oxygen atoms in total. The number of pyridine rings is 1. The largest absolute Gasteiger partial charge is 0.370 e. The van der Waals surface area contributed by atoms with Gasteiger partial charge in [0.05, 0.1) is 4.47 Å². The van der Waals surface area contributed by atoms with Crippen LogP contribution in [0.15, 0.2) is 29.1 Å². The number of nitrogens with zero attached hydrogens (tertiary/aromatic N) is 3. The molecule has 0 bridgehead atoms. The molecule has 0 aliphatic carbocycles. The molecule has 3 heterocycles. The van der Waals surface area contributed by atoms with Crippen LogP contribution in [0.1, 0.15) is 31.0 Å². The van der Waals surface area contributed by atoms with Gasteiger partial charge < -0.3 is 10.6 Å². The van der Waals surface area contributed by atoms with Gasteiger partial charge in [0, 0.05) is 24.5 Å². The first-order valence-electron chi connectivity index (χ1n) is 7.67. The Hall–Kier alpha value is -1.69. The number of aromatic nitrogens is 3. The average molecular weight is 362 g/mol. The lowest BCUT2D eigenvalue weighted by Gasteiger charge is -2.18. The number of aryl methyl sites for hydroxylation is 2. The second kappa shape index (κ2) is 7.05. The van der Waals surface area contributed by atoms with E-state index in [1.54, 1.807) is 12.5 Å². The van der Waals surface area contributed by atoms with Gasteiger partial charge in [-0.3, -0.25) is 0 Å². The van der Waals surface area contributed by atoms with E-state index >= 15 is 0 Å². The fourth-order valence-corrected chi connectivity index (χ4v) is 2.93. The maximum Gasteiger partial charge on any atom is 0.143 e. The predicted molar refractivity (Wildman–Crippen MR) is 92.2 cm³/mol. The minimum atomic E-state index is 0.317. The zero-order valence-corrected chi connectivity index (χ0v) is 14.2. The first-order valence-corrected chi connectivity index (χ1v) is 8.46. The Morgan fingerprint density at radius 1 is 1.41 bits per heavy atom. The third-order valence-electron chi connectivity index (χ3n) is 3.84. The molecule has 0 saturated heterocycles. The Labute approximate surface area is 139 Å². The summed E-state index contributed by atoms with van der Waals surface area (Å²) in [6.07, 6.45) is 7.58. The van der Waals surface area contributed by atoms with Crippen LogP contribution in [-0.4, -0.2) is 27.5 Å². The van der Waals surface area contributed by atoms with Gasteiger partial charge in [0.25, 0.3) is 0 Å². The van der Waals surface area contributed by atoms with Crippen molar-refractivity contribution in [3.05, 3.63) is 40.4 Å². The lowest BCUT2D eigenvalue weighted by atomic mass is 10.1. The number of hydrogen-bond donors (Lipinski definition) is 2. The molecule has 1 atom stereocenters. The molecule has 0 aromatic carbocycles. The smallest absolute Gasteiger partial charge is 0.143 e. The summed E-state index contributed by atoms with van der Waals surface area (Å²) >= 11 is 3.45. The highest BCUT2D eigenvalue weighted by Crippen LogP contribution is 2.21. The Kier molecular flexibility index (Phi) is 4.87. The Morgan fingerprint density at radius 2 is 2.32 bits per heavy atom. The van der Waals surface area contributed by atoms with Gasteiger partial charge in [-0.2, -0.15) is 0 Å². The van der Waals surface area contributed by atoms with Gasteiger partial charge in [-0.05, 0) is 60.2 Å². The summed E-state index contributed by atoms with van der Waals surface area (Å²) in [5.41, 5.74) is 2.48. The Morgan fingerprint density at radius 3 is 3.18 bits per heavy atom. The SMILES string of the molecule is C[C@@H](CCc1ccc2c(n1)NCCC2)Nc1ncncc1Br. The average Bonchev–Trinajstić information content (AvgIpc) is 2.55. The summed E-state index contributed by atoms with van der Waals surface area (Å²) in [7, 11) is 0. The van der Waals surface area contributed by atoms with Gasteiger partial charge in [-0.25, -0.2) is 15.0 Å². The molecule has 0 radical (unpaired) electrons. The molecule has 116 valence electrons. The minimum absolute atomic E-state index is 0.317. The summed E-state index contributed by atoms with van der Waals surface area (Å²) in [4.78, 5) is 12.9. The second-order valence-corrected chi connectivity index (χ2v) is 6.50. The predicted octanol–water partition coefficient (Wildman–Crippen LogP) is 3.43. The van der Waals surface area contributed by atoms with Crippen molar-refractivity contribution < 1.29 is 0 Å². The van der Waals surface area contributed by atoms with E-state index in [2.05, 4.69) is 55.6 Å². The third kappa shape index (κ3) is 3.74. The normalized spacial score (nSPS) is 14.8. The number of fused-ring (bicyclic) bond motifs is 1. The molecule has 2 aromatic rings. The maximum atomic E-state index is 4.74. The van der Waals surface area contributed by atoms with Gasteiger partial charge >= 0.3 is 0 Å². The van der Waals surface area contributed by atoms with Crippen LogP contribution in [0, 0.1) is 0 Å². The molecule has 0 unspecified atom stereocenters. The number of halogens is 1. The lowest BCUT2D eigenvalue weighted by molar-refractivity contribution is 0.690. The molecule has 0 spiro atoms. The van der Waals surface area contributed by atoms with Crippen molar-refractivity contribution in [3.63, 3.8) is 0 Å². The standard InChI is InChI=1S/C16H20BrN5/c1-11(21-16-14(17)9-18-10-20-16)4-6-13-7-5-12-3-2-8-19-15(12)22-13/h5,7,9-11H,2-4,6,8H2,1H3,(H,19,22)(H,18,20,21)/t11-/m0/s1. The summed E-state index contributed by atoms with van der Waals surface area (Å²) in [6.45, 7) is 3.19. The molecular weight excluding hydrogens is 342 g/mol. The van der Waals surface area contributed by atoms with E-state index in [4.69, 9.17) is 4.98 Å². The number of nitrogens with one attached hydrogen (secondary N) is 2. The van der Waals surface area contributed by atoms with Crippen LogP contribution < -0.4 is 10.6 Å². The fourth-order valence-electron chi connectivity index (χ4n) is 2.60. The molecule has 0 fully saturated rings. The lowest BCUT2D eigenvalue weighted by Crippen LogP contribution is -2.18. The van der Waals surface area contributed by atoms with Crippen LogP contribution in [0.2, 0.25) is 0 Å². The van der Waals surface area contributed by atoms with E-state index in [-0.39, 0.29) is 0 Å². The zero-order chi connectivity index (χ0) is 15.4. The molecule has 0 saturated carbocycles. The topological polar surface area (TPSA) is 62.7 Å². The number of hydrogen-bond acceptors (Lipinski definition) is 5. The molecule has 1 aliphatic rings.